The SMILES string of the molecule is CC[C@H](C)[C@H](NCCNC(=O)OC(C)(C)C)C(=O)OC(C)(C)C. The molecule has 0 heterocycles. The largest absolute Gasteiger partial charge is 0.459 e. The summed E-state index contributed by atoms with van der Waals surface area (Å²) in [4.78, 5) is 23.8. The molecule has 0 aromatic heterocycles. The first-order valence-corrected chi connectivity index (χ1v) is 8.29. The fourth-order valence-electron chi connectivity index (χ4n) is 1.82. The van der Waals surface area contributed by atoms with Gasteiger partial charge in [0.05, 0.1) is 0 Å². The summed E-state index contributed by atoms with van der Waals surface area (Å²) in [6, 6.07) is -0.389. The zero-order valence-corrected chi connectivity index (χ0v) is 15.9. The Morgan fingerprint density at radius 1 is 0.957 bits per heavy atom. The van der Waals surface area contributed by atoms with Gasteiger partial charge in [-0.1, -0.05) is 20.3 Å². The predicted octanol–water partition coefficient (Wildman–Crippen LogP) is 2.86. The Morgan fingerprint density at radius 2 is 1.48 bits per heavy atom. The minimum Gasteiger partial charge on any atom is -0.459 e. The van der Waals surface area contributed by atoms with Crippen molar-refractivity contribution in [3.63, 3.8) is 0 Å². The average molecular weight is 330 g/mol. The smallest absolute Gasteiger partial charge is 0.407 e. The molecular formula is C17H34N2O4. The van der Waals surface area contributed by atoms with Crippen molar-refractivity contribution < 1.29 is 19.1 Å². The minimum atomic E-state index is -0.521. The third-order valence-electron chi connectivity index (χ3n) is 3.03. The second-order valence-corrected chi connectivity index (χ2v) is 7.78. The van der Waals surface area contributed by atoms with Gasteiger partial charge in [-0.05, 0) is 47.5 Å². The average Bonchev–Trinajstić information content (AvgIpc) is 2.33. The molecule has 6 heteroatoms. The van der Waals surface area contributed by atoms with Crippen LogP contribution in [0.4, 0.5) is 4.79 Å². The Kier molecular flexibility index (Phi) is 8.59. The van der Waals surface area contributed by atoms with Gasteiger partial charge in [0.1, 0.15) is 17.2 Å². The summed E-state index contributed by atoms with van der Waals surface area (Å²) in [6.45, 7) is 15.9. The molecule has 6 nitrogen and oxygen atoms in total. The summed E-state index contributed by atoms with van der Waals surface area (Å²) in [6.07, 6.45) is 0.396. The molecule has 0 aliphatic heterocycles. The number of ether oxygens (including phenoxy) is 2. The van der Waals surface area contributed by atoms with E-state index in [1.165, 1.54) is 0 Å². The molecule has 0 aromatic rings. The van der Waals surface area contributed by atoms with E-state index in [-0.39, 0.29) is 17.9 Å². The molecule has 136 valence electrons. The fourth-order valence-corrected chi connectivity index (χ4v) is 1.82. The van der Waals surface area contributed by atoms with Crippen molar-refractivity contribution >= 4 is 12.1 Å². The maximum Gasteiger partial charge on any atom is 0.407 e. The topological polar surface area (TPSA) is 76.7 Å². The summed E-state index contributed by atoms with van der Waals surface area (Å²) in [7, 11) is 0. The molecule has 1 amide bonds. The van der Waals surface area contributed by atoms with Crippen LogP contribution in [0.2, 0.25) is 0 Å². The summed E-state index contributed by atoms with van der Waals surface area (Å²) in [5, 5.41) is 5.83. The molecule has 0 rings (SSSR count). The van der Waals surface area contributed by atoms with Crippen LogP contribution >= 0.6 is 0 Å². The van der Waals surface area contributed by atoms with Gasteiger partial charge in [-0.15, -0.1) is 0 Å². The van der Waals surface area contributed by atoms with Crippen LogP contribution in [0.25, 0.3) is 0 Å². The molecule has 2 N–H and O–H groups in total. The number of carbonyl (C=O) groups is 2. The maximum absolute atomic E-state index is 12.3. The molecule has 0 spiro atoms. The van der Waals surface area contributed by atoms with Crippen LogP contribution in [0.3, 0.4) is 0 Å². The van der Waals surface area contributed by atoms with Gasteiger partial charge in [0.2, 0.25) is 0 Å². The lowest BCUT2D eigenvalue weighted by atomic mass is 9.99. The van der Waals surface area contributed by atoms with Crippen molar-refractivity contribution in [3.05, 3.63) is 0 Å². The number of rotatable bonds is 7. The molecule has 0 bridgehead atoms. The van der Waals surface area contributed by atoms with Crippen molar-refractivity contribution in [3.8, 4) is 0 Å². The molecule has 0 aliphatic carbocycles. The van der Waals surface area contributed by atoms with Gasteiger partial charge in [0.15, 0.2) is 0 Å². The van der Waals surface area contributed by atoms with Crippen molar-refractivity contribution in [2.45, 2.75) is 79.1 Å². The summed E-state index contributed by atoms with van der Waals surface area (Å²) in [5.41, 5.74) is -1.04. The third-order valence-corrected chi connectivity index (χ3v) is 3.03. The Morgan fingerprint density at radius 3 is 1.91 bits per heavy atom. The normalized spacial score (nSPS) is 14.8. The summed E-state index contributed by atoms with van der Waals surface area (Å²) >= 11 is 0. The third kappa shape index (κ3) is 11.0. The first-order chi connectivity index (χ1) is 10.4. The first kappa shape index (κ1) is 21.7. The molecule has 0 radical (unpaired) electrons. The number of hydrogen-bond donors (Lipinski definition) is 2. The number of alkyl carbamates (subject to hydrolysis) is 1. The molecule has 0 fully saturated rings. The van der Waals surface area contributed by atoms with Gasteiger partial charge in [0.25, 0.3) is 0 Å². The van der Waals surface area contributed by atoms with Crippen LogP contribution in [-0.4, -0.2) is 42.4 Å². The van der Waals surface area contributed by atoms with Crippen LogP contribution in [0, 0.1) is 5.92 Å². The lowest BCUT2D eigenvalue weighted by Crippen LogP contribution is -2.47. The number of nitrogens with one attached hydrogen (secondary N) is 2. The van der Waals surface area contributed by atoms with Crippen LogP contribution in [0.5, 0.6) is 0 Å². The number of carbonyl (C=O) groups excluding carboxylic acids is 2. The van der Waals surface area contributed by atoms with Crippen molar-refractivity contribution in [2.75, 3.05) is 13.1 Å². The minimum absolute atomic E-state index is 0.145. The molecule has 0 aliphatic rings. The van der Waals surface area contributed by atoms with Crippen LogP contribution < -0.4 is 10.6 Å². The highest BCUT2D eigenvalue weighted by molar-refractivity contribution is 5.76. The molecule has 0 saturated carbocycles. The van der Waals surface area contributed by atoms with E-state index in [4.69, 9.17) is 9.47 Å². The van der Waals surface area contributed by atoms with E-state index in [9.17, 15) is 9.59 Å². The van der Waals surface area contributed by atoms with Gasteiger partial charge in [-0.2, -0.15) is 0 Å². The van der Waals surface area contributed by atoms with E-state index in [2.05, 4.69) is 10.6 Å². The molecular weight excluding hydrogens is 296 g/mol. The Bertz CT molecular complexity index is 383. The van der Waals surface area contributed by atoms with Gasteiger partial charge in [-0.3, -0.25) is 4.79 Å². The van der Waals surface area contributed by atoms with E-state index in [1.54, 1.807) is 0 Å². The van der Waals surface area contributed by atoms with Crippen LogP contribution in [0.1, 0.15) is 61.8 Å². The van der Waals surface area contributed by atoms with Crippen molar-refractivity contribution in [2.24, 2.45) is 5.92 Å². The van der Waals surface area contributed by atoms with Crippen LogP contribution in [0.15, 0.2) is 0 Å². The number of hydrogen-bond acceptors (Lipinski definition) is 5. The molecule has 23 heavy (non-hydrogen) atoms. The summed E-state index contributed by atoms with van der Waals surface area (Å²) in [5.74, 6) is -0.115. The highest BCUT2D eigenvalue weighted by Gasteiger charge is 2.28. The van der Waals surface area contributed by atoms with E-state index in [1.807, 2.05) is 55.4 Å². The lowest BCUT2D eigenvalue weighted by molar-refractivity contribution is -0.158. The number of amides is 1. The van der Waals surface area contributed by atoms with Crippen LogP contribution in [-0.2, 0) is 14.3 Å². The van der Waals surface area contributed by atoms with E-state index in [0.717, 1.165) is 6.42 Å². The zero-order valence-electron chi connectivity index (χ0n) is 15.9. The van der Waals surface area contributed by atoms with Gasteiger partial charge in [0, 0.05) is 13.1 Å². The summed E-state index contributed by atoms with van der Waals surface area (Å²) < 4.78 is 10.6. The highest BCUT2D eigenvalue weighted by Crippen LogP contribution is 2.14. The maximum atomic E-state index is 12.3. The Hall–Kier alpha value is -1.30. The molecule has 0 saturated heterocycles. The standard InChI is InChI=1S/C17H34N2O4/c1-9-12(2)13(14(20)22-16(3,4)5)18-10-11-19-15(21)23-17(6,7)8/h12-13,18H,9-11H2,1-8H3,(H,19,21)/t12-,13-/m0/s1. The van der Waals surface area contributed by atoms with Gasteiger partial charge < -0.3 is 20.1 Å². The fraction of sp³-hybridized carbons (Fsp3) is 0.882. The Balaban J connectivity index is 4.37. The van der Waals surface area contributed by atoms with E-state index in [0.29, 0.717) is 13.1 Å². The zero-order chi connectivity index (χ0) is 18.3. The lowest BCUT2D eigenvalue weighted by Gasteiger charge is -2.27. The first-order valence-electron chi connectivity index (χ1n) is 8.29. The van der Waals surface area contributed by atoms with Crippen molar-refractivity contribution in [1.82, 2.24) is 10.6 Å². The second kappa shape index (κ2) is 9.11. The van der Waals surface area contributed by atoms with Crippen molar-refractivity contribution in [1.29, 1.82) is 0 Å². The number of esters is 1. The predicted molar refractivity (Wildman–Crippen MR) is 91.3 cm³/mol. The van der Waals surface area contributed by atoms with E-state index >= 15 is 0 Å². The molecule has 0 aromatic carbocycles. The highest BCUT2D eigenvalue weighted by atomic mass is 16.6. The van der Waals surface area contributed by atoms with Gasteiger partial charge >= 0.3 is 12.1 Å². The monoisotopic (exact) mass is 330 g/mol. The quantitative estimate of drug-likeness (QED) is 0.554. The molecule has 2 atom stereocenters. The molecule has 0 unspecified atom stereocenters. The van der Waals surface area contributed by atoms with E-state index < -0.39 is 17.3 Å². The van der Waals surface area contributed by atoms with Gasteiger partial charge in [-0.25, -0.2) is 4.79 Å². The Labute approximate surface area is 140 Å². The second-order valence-electron chi connectivity index (χ2n) is 7.78.